The summed E-state index contributed by atoms with van der Waals surface area (Å²) in [7, 11) is 0. The van der Waals surface area contributed by atoms with Gasteiger partial charge in [0.25, 0.3) is 0 Å². The molecule has 0 aromatic rings. The molecule has 0 rings (SSSR count). The van der Waals surface area contributed by atoms with E-state index in [2.05, 4.69) is 98.9 Å². The van der Waals surface area contributed by atoms with Crippen molar-refractivity contribution in [1.82, 2.24) is 0 Å². The Bertz CT molecular complexity index is 937. The van der Waals surface area contributed by atoms with Gasteiger partial charge in [-0.15, -0.1) is 0 Å². The van der Waals surface area contributed by atoms with Gasteiger partial charge in [-0.3, -0.25) is 9.59 Å². The summed E-state index contributed by atoms with van der Waals surface area (Å²) in [6, 6.07) is 0. The highest BCUT2D eigenvalue weighted by Crippen LogP contribution is 2.10. The first-order valence-corrected chi connectivity index (χ1v) is 19.1. The minimum Gasteiger partial charge on any atom is -0.462 e. The smallest absolute Gasteiger partial charge is 0.306 e. The van der Waals surface area contributed by atoms with Crippen molar-refractivity contribution in [3.05, 3.63) is 85.1 Å². The Kier molecular flexibility index (Phi) is 36.2. The molecule has 0 fully saturated rings. The van der Waals surface area contributed by atoms with Crippen LogP contribution in [-0.4, -0.2) is 36.4 Å². The van der Waals surface area contributed by atoms with E-state index < -0.39 is 6.10 Å². The van der Waals surface area contributed by atoms with Crippen LogP contribution in [0.3, 0.4) is 0 Å². The molecule has 0 saturated heterocycles. The molecule has 0 bridgehead atoms. The molecule has 1 N–H and O–H groups in total. The van der Waals surface area contributed by atoms with Gasteiger partial charge in [0.1, 0.15) is 6.61 Å². The van der Waals surface area contributed by atoms with Crippen LogP contribution in [-0.2, 0) is 19.1 Å². The van der Waals surface area contributed by atoms with Crippen LogP contribution < -0.4 is 0 Å². The number of rotatable bonds is 33. The first-order valence-electron chi connectivity index (χ1n) is 19.1. The molecule has 272 valence electrons. The van der Waals surface area contributed by atoms with Crippen LogP contribution in [0.2, 0.25) is 0 Å². The predicted octanol–water partition coefficient (Wildman–Crippen LogP) is 11.9. The third-order valence-electron chi connectivity index (χ3n) is 7.67. The minimum atomic E-state index is -0.797. The van der Waals surface area contributed by atoms with Gasteiger partial charge in [-0.05, 0) is 89.9 Å². The minimum absolute atomic E-state index is 0.0940. The summed E-state index contributed by atoms with van der Waals surface area (Å²) in [5.74, 6) is -0.654. The highest BCUT2D eigenvalue weighted by Gasteiger charge is 2.16. The molecule has 0 radical (unpaired) electrons. The topological polar surface area (TPSA) is 72.8 Å². The monoisotopic (exact) mass is 667 g/mol. The van der Waals surface area contributed by atoms with Crippen LogP contribution in [0.5, 0.6) is 0 Å². The Labute approximate surface area is 295 Å². The van der Waals surface area contributed by atoms with Crippen molar-refractivity contribution >= 4 is 11.9 Å². The number of carbonyl (C=O) groups excluding carboxylic acids is 2. The van der Waals surface area contributed by atoms with Crippen molar-refractivity contribution in [1.29, 1.82) is 0 Å². The van der Waals surface area contributed by atoms with Crippen LogP contribution >= 0.6 is 0 Å². The van der Waals surface area contributed by atoms with Crippen LogP contribution in [0.4, 0.5) is 0 Å². The Morgan fingerprint density at radius 2 is 0.896 bits per heavy atom. The third kappa shape index (κ3) is 35.9. The highest BCUT2D eigenvalue weighted by molar-refractivity contribution is 5.70. The first-order chi connectivity index (χ1) is 23.6. The molecule has 0 aromatic carbocycles. The number of hydrogen-bond donors (Lipinski definition) is 1. The standard InChI is InChI=1S/C43H70O5/c1-3-5-7-9-11-13-15-17-19-20-21-22-24-25-27-29-31-33-35-37-42(45)47-40-41(39-44)48-43(46)38-36-34-32-30-28-26-23-18-16-14-12-10-8-6-4-2/h5,7,11-14,17-19,21-23,25,27,41,44H,3-4,6,8-10,15-16,20,24,26,28-40H2,1-2H3/t41-/m0/s1. The zero-order chi connectivity index (χ0) is 35.0. The molecular formula is C43H70O5. The van der Waals surface area contributed by atoms with Crippen LogP contribution in [0.15, 0.2) is 85.1 Å². The Morgan fingerprint density at radius 3 is 1.38 bits per heavy atom. The second-order valence-corrected chi connectivity index (χ2v) is 12.3. The average Bonchev–Trinajstić information content (AvgIpc) is 3.09. The van der Waals surface area contributed by atoms with Crippen LogP contribution in [0.25, 0.3) is 0 Å². The van der Waals surface area contributed by atoms with Gasteiger partial charge in [-0.25, -0.2) is 0 Å². The highest BCUT2D eigenvalue weighted by atomic mass is 16.6. The third-order valence-corrected chi connectivity index (χ3v) is 7.67. The Morgan fingerprint density at radius 1 is 0.500 bits per heavy atom. The van der Waals surface area contributed by atoms with E-state index in [-0.39, 0.29) is 25.2 Å². The van der Waals surface area contributed by atoms with E-state index in [0.717, 1.165) is 96.3 Å². The lowest BCUT2D eigenvalue weighted by Crippen LogP contribution is -2.28. The number of unbranched alkanes of at least 4 members (excludes halogenated alkanes) is 11. The van der Waals surface area contributed by atoms with Crippen molar-refractivity contribution in [3.63, 3.8) is 0 Å². The van der Waals surface area contributed by atoms with Gasteiger partial charge in [-0.1, -0.05) is 137 Å². The molecule has 5 heteroatoms. The molecule has 0 aliphatic carbocycles. The van der Waals surface area contributed by atoms with E-state index in [4.69, 9.17) is 9.47 Å². The van der Waals surface area contributed by atoms with Crippen molar-refractivity contribution in [2.45, 2.75) is 161 Å². The van der Waals surface area contributed by atoms with E-state index in [1.807, 2.05) is 0 Å². The second kappa shape index (κ2) is 38.5. The molecule has 0 aliphatic rings. The fourth-order valence-electron chi connectivity index (χ4n) is 4.78. The maximum atomic E-state index is 12.1. The number of aliphatic hydroxyl groups excluding tert-OH is 1. The molecule has 0 saturated carbocycles. The summed E-state index contributed by atoms with van der Waals surface area (Å²) in [5, 5.41) is 9.54. The lowest BCUT2D eigenvalue weighted by Gasteiger charge is -2.15. The van der Waals surface area contributed by atoms with E-state index in [1.165, 1.54) is 32.1 Å². The first kappa shape index (κ1) is 45.1. The van der Waals surface area contributed by atoms with Gasteiger partial charge in [0.2, 0.25) is 0 Å². The summed E-state index contributed by atoms with van der Waals surface area (Å²) in [4.78, 5) is 24.2. The van der Waals surface area contributed by atoms with Gasteiger partial charge >= 0.3 is 11.9 Å². The molecule has 0 aromatic heterocycles. The number of carbonyl (C=O) groups is 2. The molecule has 0 heterocycles. The predicted molar refractivity (Wildman–Crippen MR) is 205 cm³/mol. The van der Waals surface area contributed by atoms with Gasteiger partial charge in [0.05, 0.1) is 6.61 Å². The number of hydrogen-bond acceptors (Lipinski definition) is 5. The van der Waals surface area contributed by atoms with Crippen molar-refractivity contribution in [2.75, 3.05) is 13.2 Å². The lowest BCUT2D eigenvalue weighted by molar-refractivity contribution is -0.161. The van der Waals surface area contributed by atoms with Crippen LogP contribution in [0.1, 0.15) is 155 Å². The normalized spacial score (nSPS) is 13.1. The molecule has 1 atom stereocenters. The van der Waals surface area contributed by atoms with E-state index >= 15 is 0 Å². The van der Waals surface area contributed by atoms with Crippen LogP contribution in [0, 0.1) is 0 Å². The molecule has 0 aliphatic heterocycles. The lowest BCUT2D eigenvalue weighted by atomic mass is 10.1. The van der Waals surface area contributed by atoms with Crippen molar-refractivity contribution in [2.24, 2.45) is 0 Å². The molecule has 48 heavy (non-hydrogen) atoms. The quantitative estimate of drug-likeness (QED) is 0.0429. The molecule has 0 unspecified atom stereocenters. The molecule has 5 nitrogen and oxygen atoms in total. The molecule has 0 spiro atoms. The fraction of sp³-hybridized carbons (Fsp3) is 0.628. The maximum absolute atomic E-state index is 12.1. The Balaban J connectivity index is 3.70. The summed E-state index contributed by atoms with van der Waals surface area (Å²) in [5.41, 5.74) is 0. The van der Waals surface area contributed by atoms with Gasteiger partial charge in [-0.2, -0.15) is 0 Å². The summed E-state index contributed by atoms with van der Waals surface area (Å²) >= 11 is 0. The number of esters is 2. The van der Waals surface area contributed by atoms with Gasteiger partial charge in [0, 0.05) is 12.8 Å². The fourth-order valence-corrected chi connectivity index (χ4v) is 4.78. The zero-order valence-electron chi connectivity index (χ0n) is 30.7. The number of ether oxygens (including phenoxy) is 2. The maximum Gasteiger partial charge on any atom is 0.306 e. The molecular weight excluding hydrogens is 596 g/mol. The van der Waals surface area contributed by atoms with Gasteiger partial charge in [0.15, 0.2) is 6.10 Å². The van der Waals surface area contributed by atoms with Crippen molar-refractivity contribution < 1.29 is 24.2 Å². The van der Waals surface area contributed by atoms with Crippen molar-refractivity contribution in [3.8, 4) is 0 Å². The average molecular weight is 667 g/mol. The zero-order valence-corrected chi connectivity index (χ0v) is 30.7. The summed E-state index contributed by atoms with van der Waals surface area (Å²) in [6.45, 7) is 3.93. The SMILES string of the molecule is CCC=CCC=CCC=CCC=CCC=CCCCCCC(=O)OC[C@H](CO)OC(=O)CCCCCCCC=CCC=CCCCCC. The van der Waals surface area contributed by atoms with Gasteiger partial charge < -0.3 is 14.6 Å². The second-order valence-electron chi connectivity index (χ2n) is 12.3. The van der Waals surface area contributed by atoms with E-state index in [1.54, 1.807) is 0 Å². The van der Waals surface area contributed by atoms with E-state index in [0.29, 0.717) is 12.8 Å². The summed E-state index contributed by atoms with van der Waals surface area (Å²) in [6.07, 6.45) is 52.1. The number of aliphatic hydroxyl groups is 1. The largest absolute Gasteiger partial charge is 0.462 e. The Hall–Kier alpha value is -2.92. The van der Waals surface area contributed by atoms with E-state index in [9.17, 15) is 14.7 Å². The number of allylic oxidation sites excluding steroid dienone is 14. The summed E-state index contributed by atoms with van der Waals surface area (Å²) < 4.78 is 10.6. The molecule has 0 amide bonds.